The summed E-state index contributed by atoms with van der Waals surface area (Å²) in [4.78, 5) is -0.280. The van der Waals surface area contributed by atoms with Gasteiger partial charge in [0, 0.05) is 19.6 Å². The molecule has 1 aromatic carbocycles. The van der Waals surface area contributed by atoms with Crippen LogP contribution in [0.3, 0.4) is 0 Å². The first-order valence-corrected chi connectivity index (χ1v) is 8.09. The number of hydrogen-bond donors (Lipinski definition) is 1. The van der Waals surface area contributed by atoms with Crippen molar-refractivity contribution in [2.45, 2.75) is 38.1 Å². The number of sulfonamides is 1. The lowest BCUT2D eigenvalue weighted by Gasteiger charge is -2.21. The summed E-state index contributed by atoms with van der Waals surface area (Å²) in [6.45, 7) is 5.79. The van der Waals surface area contributed by atoms with Gasteiger partial charge in [-0.2, -0.15) is 0 Å². The fourth-order valence-electron chi connectivity index (χ4n) is 1.77. The molecule has 0 heterocycles. The van der Waals surface area contributed by atoms with Gasteiger partial charge in [-0.3, -0.25) is 0 Å². The second-order valence-corrected chi connectivity index (χ2v) is 7.42. The summed E-state index contributed by atoms with van der Waals surface area (Å²) in [5.41, 5.74) is 6.22. The summed E-state index contributed by atoms with van der Waals surface area (Å²) >= 11 is 0. The highest BCUT2D eigenvalue weighted by atomic mass is 35.5. The SMILES string of the molecule is Cc1cccc(S(=O)(=O)N(C)CCC(N)C(C)C)c1F.Cl. The molecule has 0 amide bonds. The second-order valence-electron chi connectivity index (χ2n) is 5.41. The third kappa shape index (κ3) is 4.92. The fourth-order valence-corrected chi connectivity index (χ4v) is 3.09. The Labute approximate surface area is 133 Å². The van der Waals surface area contributed by atoms with Crippen LogP contribution in [0.1, 0.15) is 25.8 Å². The molecule has 0 aromatic heterocycles. The summed E-state index contributed by atoms with van der Waals surface area (Å²) < 4.78 is 39.8. The average molecular weight is 339 g/mol. The van der Waals surface area contributed by atoms with E-state index in [0.717, 1.165) is 4.31 Å². The Bertz CT molecular complexity index is 564. The van der Waals surface area contributed by atoms with Crippen LogP contribution in [0.25, 0.3) is 0 Å². The van der Waals surface area contributed by atoms with E-state index in [1.807, 2.05) is 13.8 Å². The molecule has 0 spiro atoms. The second kappa shape index (κ2) is 8.08. The highest BCUT2D eigenvalue weighted by Gasteiger charge is 2.25. The molecule has 1 atom stereocenters. The molecule has 4 nitrogen and oxygen atoms in total. The van der Waals surface area contributed by atoms with Crippen molar-refractivity contribution in [3.8, 4) is 0 Å². The number of rotatable bonds is 6. The minimum Gasteiger partial charge on any atom is -0.327 e. The average Bonchev–Trinajstić information content (AvgIpc) is 2.38. The molecule has 0 saturated carbocycles. The molecule has 0 fully saturated rings. The van der Waals surface area contributed by atoms with E-state index < -0.39 is 15.8 Å². The Balaban J connectivity index is 0.00000400. The van der Waals surface area contributed by atoms with Crippen molar-refractivity contribution in [1.82, 2.24) is 4.31 Å². The molecule has 0 aliphatic carbocycles. The van der Waals surface area contributed by atoms with Crippen molar-refractivity contribution in [2.75, 3.05) is 13.6 Å². The topological polar surface area (TPSA) is 63.4 Å². The molecular formula is C14H24ClFN2O2S. The van der Waals surface area contributed by atoms with Crippen molar-refractivity contribution in [1.29, 1.82) is 0 Å². The third-order valence-electron chi connectivity index (χ3n) is 3.48. The van der Waals surface area contributed by atoms with Crippen LogP contribution in [-0.2, 0) is 10.0 Å². The highest BCUT2D eigenvalue weighted by molar-refractivity contribution is 7.89. The lowest BCUT2D eigenvalue weighted by molar-refractivity contribution is 0.396. The Morgan fingerprint density at radius 3 is 2.43 bits per heavy atom. The van der Waals surface area contributed by atoms with Crippen molar-refractivity contribution in [3.05, 3.63) is 29.6 Å². The molecule has 7 heteroatoms. The van der Waals surface area contributed by atoms with Crippen LogP contribution in [0, 0.1) is 18.7 Å². The van der Waals surface area contributed by atoms with Crippen molar-refractivity contribution in [3.63, 3.8) is 0 Å². The summed E-state index contributed by atoms with van der Waals surface area (Å²) in [6.07, 6.45) is 0.542. The molecule has 1 unspecified atom stereocenters. The Morgan fingerprint density at radius 1 is 1.33 bits per heavy atom. The zero-order chi connectivity index (χ0) is 15.5. The molecule has 0 aliphatic heterocycles. The summed E-state index contributed by atoms with van der Waals surface area (Å²) in [6, 6.07) is 4.30. The van der Waals surface area contributed by atoms with Gasteiger partial charge in [-0.15, -0.1) is 12.4 Å². The minimum absolute atomic E-state index is 0. The lowest BCUT2D eigenvalue weighted by atomic mass is 10.0. The summed E-state index contributed by atoms with van der Waals surface area (Å²) in [5, 5.41) is 0. The number of hydrogen-bond acceptors (Lipinski definition) is 3. The number of nitrogens with two attached hydrogens (primary N) is 1. The molecule has 0 radical (unpaired) electrons. The van der Waals surface area contributed by atoms with Crippen LogP contribution in [0.5, 0.6) is 0 Å². The zero-order valence-corrected chi connectivity index (χ0v) is 14.5. The normalized spacial score (nSPS) is 13.3. The molecular weight excluding hydrogens is 315 g/mol. The smallest absolute Gasteiger partial charge is 0.245 e. The van der Waals surface area contributed by atoms with Gasteiger partial charge in [0.25, 0.3) is 0 Å². The number of nitrogens with zero attached hydrogens (tertiary/aromatic N) is 1. The first kappa shape index (κ1) is 20.3. The molecule has 122 valence electrons. The fraction of sp³-hybridized carbons (Fsp3) is 0.571. The minimum atomic E-state index is -3.81. The van der Waals surface area contributed by atoms with Gasteiger partial charge in [0.1, 0.15) is 10.7 Å². The third-order valence-corrected chi connectivity index (χ3v) is 5.35. The van der Waals surface area contributed by atoms with Gasteiger partial charge >= 0.3 is 0 Å². The van der Waals surface area contributed by atoms with Crippen LogP contribution in [0.4, 0.5) is 4.39 Å². The maximum atomic E-state index is 14.0. The van der Waals surface area contributed by atoms with E-state index in [0.29, 0.717) is 12.0 Å². The van der Waals surface area contributed by atoms with Crippen molar-refractivity contribution >= 4 is 22.4 Å². The van der Waals surface area contributed by atoms with E-state index in [-0.39, 0.29) is 35.8 Å². The Morgan fingerprint density at radius 2 is 1.90 bits per heavy atom. The summed E-state index contributed by atoms with van der Waals surface area (Å²) in [7, 11) is -2.36. The van der Waals surface area contributed by atoms with Crippen LogP contribution in [-0.4, -0.2) is 32.4 Å². The Kier molecular flexibility index (Phi) is 7.81. The predicted octanol–water partition coefficient (Wildman–Crippen LogP) is 2.55. The van der Waals surface area contributed by atoms with Gasteiger partial charge in [-0.05, 0) is 30.9 Å². The lowest BCUT2D eigenvalue weighted by Crippen LogP contribution is -2.35. The van der Waals surface area contributed by atoms with Gasteiger partial charge in [-0.25, -0.2) is 17.1 Å². The quantitative estimate of drug-likeness (QED) is 0.867. The monoisotopic (exact) mass is 338 g/mol. The maximum Gasteiger partial charge on any atom is 0.245 e. The standard InChI is InChI=1S/C14H23FN2O2S.ClH/c1-10(2)12(16)8-9-17(4)20(18,19)13-7-5-6-11(3)14(13)15;/h5-7,10,12H,8-9,16H2,1-4H3;1H. The summed E-state index contributed by atoms with van der Waals surface area (Å²) in [5.74, 6) is -0.408. The highest BCUT2D eigenvalue weighted by Crippen LogP contribution is 2.21. The van der Waals surface area contributed by atoms with E-state index in [9.17, 15) is 12.8 Å². The largest absolute Gasteiger partial charge is 0.327 e. The number of aryl methyl sites for hydroxylation is 1. The van der Waals surface area contributed by atoms with E-state index >= 15 is 0 Å². The predicted molar refractivity (Wildman–Crippen MR) is 85.6 cm³/mol. The van der Waals surface area contributed by atoms with Crippen molar-refractivity contribution < 1.29 is 12.8 Å². The molecule has 1 aromatic rings. The van der Waals surface area contributed by atoms with E-state index in [2.05, 4.69) is 0 Å². The number of halogens is 2. The first-order valence-electron chi connectivity index (χ1n) is 6.65. The van der Waals surface area contributed by atoms with Gasteiger partial charge in [-0.1, -0.05) is 26.0 Å². The molecule has 2 N–H and O–H groups in total. The molecule has 0 bridgehead atoms. The van der Waals surface area contributed by atoms with E-state index in [1.54, 1.807) is 19.1 Å². The molecule has 21 heavy (non-hydrogen) atoms. The van der Waals surface area contributed by atoms with Crippen molar-refractivity contribution in [2.24, 2.45) is 11.7 Å². The van der Waals surface area contributed by atoms with Crippen LogP contribution in [0.15, 0.2) is 23.1 Å². The van der Waals surface area contributed by atoms with Crippen LogP contribution < -0.4 is 5.73 Å². The van der Waals surface area contributed by atoms with Gasteiger partial charge in [0.2, 0.25) is 10.0 Å². The zero-order valence-electron chi connectivity index (χ0n) is 12.8. The van der Waals surface area contributed by atoms with Gasteiger partial charge < -0.3 is 5.73 Å². The number of benzene rings is 1. The van der Waals surface area contributed by atoms with E-state index in [1.165, 1.54) is 13.1 Å². The maximum absolute atomic E-state index is 14.0. The van der Waals surface area contributed by atoms with Gasteiger partial charge in [0.05, 0.1) is 0 Å². The molecule has 0 saturated heterocycles. The molecule has 0 aliphatic rings. The van der Waals surface area contributed by atoms with E-state index in [4.69, 9.17) is 5.73 Å². The van der Waals surface area contributed by atoms with Crippen LogP contribution in [0.2, 0.25) is 0 Å². The van der Waals surface area contributed by atoms with Gasteiger partial charge in [0.15, 0.2) is 0 Å². The Hall–Kier alpha value is -0.690. The van der Waals surface area contributed by atoms with Crippen LogP contribution >= 0.6 is 12.4 Å². The molecule has 1 rings (SSSR count). The first-order chi connectivity index (χ1) is 9.17.